The van der Waals surface area contributed by atoms with Gasteiger partial charge in [-0.25, -0.2) is 0 Å². The number of phenols is 1. The Hall–Kier alpha value is -0.770. The van der Waals surface area contributed by atoms with Crippen molar-refractivity contribution in [3.05, 3.63) is 29.3 Å². The van der Waals surface area contributed by atoms with Crippen LogP contribution in [-0.4, -0.2) is 5.11 Å². The molecule has 0 saturated carbocycles. The summed E-state index contributed by atoms with van der Waals surface area (Å²) in [6.45, 7) is 0. The summed E-state index contributed by atoms with van der Waals surface area (Å²) >= 11 is 5.50. The Morgan fingerprint density at radius 2 is 1.50 bits per heavy atom. The molecule has 1 aromatic rings. The number of halogens is 1. The van der Waals surface area contributed by atoms with Crippen LogP contribution < -0.4 is 11.7 Å². The van der Waals surface area contributed by atoms with E-state index in [1.807, 2.05) is 0 Å². The molecular weight excluding hydrogens is 152 g/mol. The van der Waals surface area contributed by atoms with Gasteiger partial charge in [0.05, 0.1) is 0 Å². The lowest BCUT2D eigenvalue weighted by Crippen LogP contribution is -2.02. The van der Waals surface area contributed by atoms with Crippen LogP contribution in [0.15, 0.2) is 24.3 Å². The molecule has 0 saturated heterocycles. The van der Waals surface area contributed by atoms with Gasteiger partial charge in [-0.15, -0.1) is 0 Å². The van der Waals surface area contributed by atoms with E-state index >= 15 is 0 Å². The molecule has 0 fully saturated rings. The van der Waals surface area contributed by atoms with E-state index in [2.05, 4.69) is 11.7 Å². The highest BCUT2D eigenvalue weighted by Gasteiger charge is 1.84. The molecule has 0 amide bonds. The number of hydrogen-bond acceptors (Lipinski definition) is 3. The maximum Gasteiger partial charge on any atom is 0.115 e. The molecule has 0 aliphatic carbocycles. The first-order valence-corrected chi connectivity index (χ1v) is 2.95. The smallest absolute Gasteiger partial charge is 0.115 e. The van der Waals surface area contributed by atoms with Crippen molar-refractivity contribution in [2.24, 2.45) is 11.7 Å². The van der Waals surface area contributed by atoms with E-state index in [1.54, 1.807) is 24.3 Å². The van der Waals surface area contributed by atoms with Crippen molar-refractivity contribution in [2.75, 3.05) is 0 Å². The lowest BCUT2D eigenvalue weighted by Gasteiger charge is -1.87. The van der Waals surface area contributed by atoms with Gasteiger partial charge in [-0.05, 0) is 24.3 Å². The Labute approximate surface area is 64.2 Å². The molecule has 0 aliphatic rings. The van der Waals surface area contributed by atoms with Crippen molar-refractivity contribution >= 4 is 11.6 Å². The van der Waals surface area contributed by atoms with Crippen LogP contribution in [0, 0.1) is 0 Å². The lowest BCUT2D eigenvalue weighted by molar-refractivity contribution is 0.475. The van der Waals surface area contributed by atoms with Crippen molar-refractivity contribution in [2.45, 2.75) is 0 Å². The fraction of sp³-hybridized carbons (Fsp3) is 0. The average molecular weight is 161 g/mol. The van der Waals surface area contributed by atoms with Gasteiger partial charge in [0.15, 0.2) is 0 Å². The zero-order valence-corrected chi connectivity index (χ0v) is 6.05. The zero-order valence-electron chi connectivity index (χ0n) is 5.29. The van der Waals surface area contributed by atoms with Crippen LogP contribution in [0.4, 0.5) is 0 Å². The molecule has 1 rings (SSSR count). The molecule has 0 aromatic heterocycles. The third-order valence-electron chi connectivity index (χ3n) is 0.827. The molecule has 1 aromatic carbocycles. The molecule has 4 heteroatoms. The third kappa shape index (κ3) is 3.29. The minimum atomic E-state index is 0.245. The Morgan fingerprint density at radius 3 is 1.80 bits per heavy atom. The lowest BCUT2D eigenvalue weighted by atomic mass is 10.3. The van der Waals surface area contributed by atoms with E-state index in [0.29, 0.717) is 5.02 Å². The number of nitrogens with two attached hydrogens (primary N) is 2. The van der Waals surface area contributed by atoms with Crippen LogP contribution in [0.3, 0.4) is 0 Å². The molecule has 0 atom stereocenters. The fourth-order valence-corrected chi connectivity index (χ4v) is 0.567. The molecule has 0 radical (unpaired) electrons. The third-order valence-corrected chi connectivity index (χ3v) is 1.08. The standard InChI is InChI=1S/C6H5ClO.H4N2/c7-5-1-3-6(8)4-2-5;1-2/h1-4,8H;1-2H2. The predicted molar refractivity (Wildman–Crippen MR) is 41.5 cm³/mol. The van der Waals surface area contributed by atoms with Gasteiger partial charge in [0, 0.05) is 5.02 Å². The molecule has 3 nitrogen and oxygen atoms in total. The van der Waals surface area contributed by atoms with Crippen molar-refractivity contribution in [3.8, 4) is 5.75 Å². The van der Waals surface area contributed by atoms with Gasteiger partial charge < -0.3 is 5.11 Å². The number of benzene rings is 1. The number of rotatable bonds is 0. The first kappa shape index (κ1) is 9.23. The van der Waals surface area contributed by atoms with Crippen LogP contribution in [0.1, 0.15) is 0 Å². The molecule has 0 spiro atoms. The van der Waals surface area contributed by atoms with Crippen LogP contribution in [-0.2, 0) is 0 Å². The normalized spacial score (nSPS) is 7.90. The van der Waals surface area contributed by atoms with Gasteiger partial charge in [-0.2, -0.15) is 0 Å². The van der Waals surface area contributed by atoms with Crippen LogP contribution in [0.5, 0.6) is 5.75 Å². The highest BCUT2D eigenvalue weighted by molar-refractivity contribution is 6.30. The summed E-state index contributed by atoms with van der Waals surface area (Å²) in [5.41, 5.74) is 0. The first-order chi connectivity index (χ1) is 4.79. The van der Waals surface area contributed by atoms with Gasteiger partial charge in [0.2, 0.25) is 0 Å². The van der Waals surface area contributed by atoms with E-state index in [0.717, 1.165) is 0 Å². The average Bonchev–Trinajstić information content (AvgIpc) is 2.00. The topological polar surface area (TPSA) is 72.3 Å². The molecule has 0 aliphatic heterocycles. The Kier molecular flexibility index (Phi) is 4.66. The number of aromatic hydroxyl groups is 1. The number of hydrazine groups is 1. The van der Waals surface area contributed by atoms with E-state index in [4.69, 9.17) is 16.7 Å². The molecule has 56 valence electrons. The Morgan fingerprint density at radius 1 is 1.10 bits per heavy atom. The maximum absolute atomic E-state index is 8.70. The molecular formula is C6H9ClN2O. The largest absolute Gasteiger partial charge is 0.508 e. The summed E-state index contributed by atoms with van der Waals surface area (Å²) in [4.78, 5) is 0. The summed E-state index contributed by atoms with van der Waals surface area (Å²) < 4.78 is 0. The SMILES string of the molecule is NN.Oc1ccc(Cl)cc1. The minimum absolute atomic E-state index is 0.245. The van der Waals surface area contributed by atoms with E-state index in [9.17, 15) is 0 Å². The molecule has 0 unspecified atom stereocenters. The van der Waals surface area contributed by atoms with Crippen LogP contribution in [0.25, 0.3) is 0 Å². The van der Waals surface area contributed by atoms with Gasteiger partial charge in [-0.3, -0.25) is 11.7 Å². The van der Waals surface area contributed by atoms with Crippen molar-refractivity contribution < 1.29 is 5.11 Å². The van der Waals surface area contributed by atoms with Crippen LogP contribution >= 0.6 is 11.6 Å². The highest BCUT2D eigenvalue weighted by atomic mass is 35.5. The van der Waals surface area contributed by atoms with Gasteiger partial charge in [0.1, 0.15) is 5.75 Å². The van der Waals surface area contributed by atoms with E-state index < -0.39 is 0 Å². The fourth-order valence-electron chi connectivity index (χ4n) is 0.441. The van der Waals surface area contributed by atoms with E-state index in [-0.39, 0.29) is 5.75 Å². The second kappa shape index (κ2) is 5.05. The number of phenolic OH excluding ortho intramolecular Hbond substituents is 1. The molecule has 0 bridgehead atoms. The van der Waals surface area contributed by atoms with Crippen molar-refractivity contribution in [1.82, 2.24) is 0 Å². The first-order valence-electron chi connectivity index (χ1n) is 2.57. The Bertz CT molecular complexity index is 155. The minimum Gasteiger partial charge on any atom is -0.508 e. The summed E-state index contributed by atoms with van der Waals surface area (Å²) in [5.74, 6) is 8.24. The predicted octanol–water partition coefficient (Wildman–Crippen LogP) is 0.864. The zero-order chi connectivity index (χ0) is 7.98. The Balaban J connectivity index is 0.000000371. The highest BCUT2D eigenvalue weighted by Crippen LogP contribution is 2.12. The summed E-state index contributed by atoms with van der Waals surface area (Å²) in [6, 6.07) is 6.36. The molecule has 5 N–H and O–H groups in total. The number of hydrogen-bond donors (Lipinski definition) is 3. The summed E-state index contributed by atoms with van der Waals surface area (Å²) in [7, 11) is 0. The second-order valence-corrected chi connectivity index (χ2v) is 1.91. The quantitative estimate of drug-likeness (QED) is 0.390. The van der Waals surface area contributed by atoms with Crippen LogP contribution in [0.2, 0.25) is 5.02 Å². The van der Waals surface area contributed by atoms with Crippen molar-refractivity contribution in [1.29, 1.82) is 0 Å². The summed E-state index contributed by atoms with van der Waals surface area (Å²) in [5, 5.41) is 9.34. The van der Waals surface area contributed by atoms with Gasteiger partial charge in [0.25, 0.3) is 0 Å². The maximum atomic E-state index is 8.70. The monoisotopic (exact) mass is 160 g/mol. The van der Waals surface area contributed by atoms with Gasteiger partial charge in [-0.1, -0.05) is 11.6 Å². The van der Waals surface area contributed by atoms with Gasteiger partial charge >= 0.3 is 0 Å². The molecule has 0 heterocycles. The second-order valence-electron chi connectivity index (χ2n) is 1.48. The van der Waals surface area contributed by atoms with Crippen molar-refractivity contribution in [3.63, 3.8) is 0 Å². The molecule has 10 heavy (non-hydrogen) atoms. The summed E-state index contributed by atoms with van der Waals surface area (Å²) in [6.07, 6.45) is 0. The van der Waals surface area contributed by atoms with E-state index in [1.165, 1.54) is 0 Å².